The second-order valence-corrected chi connectivity index (χ2v) is 5.89. The molecule has 1 aromatic heterocycles. The summed E-state index contributed by atoms with van der Waals surface area (Å²) in [6.45, 7) is 3.79. The number of amides is 1. The molecule has 0 unspecified atom stereocenters. The molecule has 1 N–H and O–H groups in total. The number of methoxy groups -OCH3 is 1. The quantitative estimate of drug-likeness (QED) is 0.669. The Kier molecular flexibility index (Phi) is 5.76. The number of allylic oxidation sites excluding steroid dienone is 1. The maximum absolute atomic E-state index is 12.2. The first-order valence-electron chi connectivity index (χ1n) is 8.75. The van der Waals surface area contributed by atoms with Crippen molar-refractivity contribution in [1.29, 1.82) is 0 Å². The standard InChI is InChI=1S/C21H22N2O4/c1-4-6-14-7-9-18(19(11-14)25-3)26-13-20(24)22-15-8-10-17-16(12-15)23-21(5-2)27-17/h4,6-12H,5,13H2,1-3H3,(H,22,24)/b6-4+. The highest BCUT2D eigenvalue weighted by molar-refractivity contribution is 5.93. The molecule has 1 heterocycles. The number of anilines is 1. The van der Waals surface area contributed by atoms with E-state index in [2.05, 4.69) is 10.3 Å². The van der Waals surface area contributed by atoms with Gasteiger partial charge in [0.2, 0.25) is 0 Å². The van der Waals surface area contributed by atoms with Crippen LogP contribution in [0.2, 0.25) is 0 Å². The van der Waals surface area contributed by atoms with E-state index in [1.807, 2.05) is 38.1 Å². The molecule has 0 aliphatic carbocycles. The average molecular weight is 366 g/mol. The maximum atomic E-state index is 12.2. The van der Waals surface area contributed by atoms with Crippen molar-refractivity contribution in [3.63, 3.8) is 0 Å². The second kappa shape index (κ2) is 8.40. The second-order valence-electron chi connectivity index (χ2n) is 5.89. The third kappa shape index (κ3) is 4.47. The minimum atomic E-state index is -0.270. The fourth-order valence-electron chi connectivity index (χ4n) is 2.64. The number of rotatable bonds is 7. The molecule has 0 radical (unpaired) electrons. The number of carbonyl (C=O) groups is 1. The molecule has 6 heteroatoms. The van der Waals surface area contributed by atoms with Gasteiger partial charge in [0.05, 0.1) is 7.11 Å². The summed E-state index contributed by atoms with van der Waals surface area (Å²) in [5, 5.41) is 2.80. The zero-order chi connectivity index (χ0) is 19.2. The first kappa shape index (κ1) is 18.5. The van der Waals surface area contributed by atoms with E-state index in [-0.39, 0.29) is 12.5 Å². The summed E-state index contributed by atoms with van der Waals surface area (Å²) in [7, 11) is 1.57. The van der Waals surface area contributed by atoms with Gasteiger partial charge in [0.25, 0.3) is 5.91 Å². The molecule has 0 spiro atoms. The van der Waals surface area contributed by atoms with E-state index >= 15 is 0 Å². The van der Waals surface area contributed by atoms with Crippen LogP contribution in [0.3, 0.4) is 0 Å². The number of nitrogens with zero attached hydrogens (tertiary/aromatic N) is 1. The molecule has 0 bridgehead atoms. The Labute approximate surface area is 157 Å². The number of nitrogens with one attached hydrogen (secondary N) is 1. The lowest BCUT2D eigenvalue weighted by Crippen LogP contribution is -2.20. The van der Waals surface area contributed by atoms with E-state index in [1.165, 1.54) is 0 Å². The summed E-state index contributed by atoms with van der Waals surface area (Å²) in [6, 6.07) is 10.9. The van der Waals surface area contributed by atoms with Crippen LogP contribution < -0.4 is 14.8 Å². The van der Waals surface area contributed by atoms with Crippen LogP contribution in [0.1, 0.15) is 25.3 Å². The first-order valence-corrected chi connectivity index (χ1v) is 8.75. The van der Waals surface area contributed by atoms with Gasteiger partial charge in [0, 0.05) is 12.1 Å². The number of oxazole rings is 1. The zero-order valence-corrected chi connectivity index (χ0v) is 15.6. The van der Waals surface area contributed by atoms with E-state index in [0.717, 1.165) is 12.0 Å². The van der Waals surface area contributed by atoms with Crippen LogP contribution in [-0.2, 0) is 11.2 Å². The highest BCUT2D eigenvalue weighted by Gasteiger charge is 2.10. The largest absolute Gasteiger partial charge is 0.493 e. The molecule has 0 aliphatic rings. The lowest BCUT2D eigenvalue weighted by Gasteiger charge is -2.11. The summed E-state index contributed by atoms with van der Waals surface area (Å²) in [5.74, 6) is 1.49. The van der Waals surface area contributed by atoms with Gasteiger partial charge in [-0.1, -0.05) is 25.1 Å². The Morgan fingerprint density at radius 3 is 2.81 bits per heavy atom. The molecule has 3 rings (SSSR count). The molecule has 0 saturated carbocycles. The Morgan fingerprint density at radius 2 is 2.07 bits per heavy atom. The third-order valence-corrected chi connectivity index (χ3v) is 3.92. The van der Waals surface area contributed by atoms with E-state index in [1.54, 1.807) is 31.4 Å². The molecule has 6 nitrogen and oxygen atoms in total. The lowest BCUT2D eigenvalue weighted by molar-refractivity contribution is -0.118. The monoisotopic (exact) mass is 366 g/mol. The van der Waals surface area contributed by atoms with Gasteiger partial charge in [-0.25, -0.2) is 4.98 Å². The first-order chi connectivity index (χ1) is 13.1. The van der Waals surface area contributed by atoms with Gasteiger partial charge < -0.3 is 19.2 Å². The Morgan fingerprint density at radius 1 is 1.22 bits per heavy atom. The van der Waals surface area contributed by atoms with Crippen molar-refractivity contribution >= 4 is 28.8 Å². The van der Waals surface area contributed by atoms with Crippen molar-refractivity contribution in [1.82, 2.24) is 4.98 Å². The summed E-state index contributed by atoms with van der Waals surface area (Å²) < 4.78 is 16.5. The summed E-state index contributed by atoms with van der Waals surface area (Å²) in [5.41, 5.74) is 3.06. The Balaban J connectivity index is 1.64. The minimum absolute atomic E-state index is 0.129. The van der Waals surface area contributed by atoms with E-state index in [0.29, 0.717) is 34.2 Å². The number of ether oxygens (including phenoxy) is 2. The molecule has 27 heavy (non-hydrogen) atoms. The molecule has 1 amide bonds. The number of hydrogen-bond donors (Lipinski definition) is 1. The topological polar surface area (TPSA) is 73.6 Å². The molecule has 140 valence electrons. The summed E-state index contributed by atoms with van der Waals surface area (Å²) in [4.78, 5) is 16.6. The van der Waals surface area contributed by atoms with Gasteiger partial charge in [0.1, 0.15) is 5.52 Å². The van der Waals surface area contributed by atoms with Crippen molar-refractivity contribution < 1.29 is 18.7 Å². The maximum Gasteiger partial charge on any atom is 0.262 e. The van der Waals surface area contributed by atoms with Gasteiger partial charge in [-0.2, -0.15) is 0 Å². The fraction of sp³-hybridized carbons (Fsp3) is 0.238. The van der Waals surface area contributed by atoms with E-state index in [9.17, 15) is 4.79 Å². The van der Waals surface area contributed by atoms with E-state index in [4.69, 9.17) is 13.9 Å². The molecular weight excluding hydrogens is 344 g/mol. The summed E-state index contributed by atoms with van der Waals surface area (Å²) >= 11 is 0. The Hall–Kier alpha value is -3.28. The minimum Gasteiger partial charge on any atom is -0.493 e. The van der Waals surface area contributed by atoms with Crippen LogP contribution in [0.5, 0.6) is 11.5 Å². The number of carbonyl (C=O) groups excluding carboxylic acids is 1. The molecule has 0 aliphatic heterocycles. The predicted octanol–water partition coefficient (Wildman–Crippen LogP) is 4.45. The van der Waals surface area contributed by atoms with Gasteiger partial charge in [-0.05, 0) is 42.8 Å². The van der Waals surface area contributed by atoms with Gasteiger partial charge in [-0.15, -0.1) is 0 Å². The van der Waals surface area contributed by atoms with Crippen LogP contribution in [0, 0.1) is 0 Å². The fourth-order valence-corrected chi connectivity index (χ4v) is 2.64. The normalized spacial score (nSPS) is 11.1. The highest BCUT2D eigenvalue weighted by atomic mass is 16.5. The number of fused-ring (bicyclic) bond motifs is 1. The van der Waals surface area contributed by atoms with Crippen LogP contribution >= 0.6 is 0 Å². The highest BCUT2D eigenvalue weighted by Crippen LogP contribution is 2.28. The van der Waals surface area contributed by atoms with Gasteiger partial charge in [0.15, 0.2) is 29.6 Å². The van der Waals surface area contributed by atoms with Crippen LogP contribution in [0.15, 0.2) is 46.9 Å². The van der Waals surface area contributed by atoms with Crippen molar-refractivity contribution in [2.75, 3.05) is 19.0 Å². The van der Waals surface area contributed by atoms with Crippen LogP contribution in [-0.4, -0.2) is 24.6 Å². The third-order valence-electron chi connectivity index (χ3n) is 3.92. The summed E-state index contributed by atoms with van der Waals surface area (Å²) in [6.07, 6.45) is 4.62. The van der Waals surface area contributed by atoms with Crippen LogP contribution in [0.4, 0.5) is 5.69 Å². The molecule has 2 aromatic carbocycles. The number of benzene rings is 2. The smallest absolute Gasteiger partial charge is 0.262 e. The molecule has 3 aromatic rings. The SMILES string of the molecule is C/C=C/c1ccc(OCC(=O)Nc2ccc3oc(CC)nc3c2)c(OC)c1. The zero-order valence-electron chi connectivity index (χ0n) is 15.6. The van der Waals surface area contributed by atoms with Crippen molar-refractivity contribution in [3.05, 3.63) is 53.9 Å². The predicted molar refractivity (Wildman–Crippen MR) is 105 cm³/mol. The van der Waals surface area contributed by atoms with Crippen molar-refractivity contribution in [3.8, 4) is 11.5 Å². The number of hydrogen-bond acceptors (Lipinski definition) is 5. The van der Waals surface area contributed by atoms with Crippen molar-refractivity contribution in [2.24, 2.45) is 0 Å². The average Bonchev–Trinajstić information content (AvgIpc) is 3.09. The van der Waals surface area contributed by atoms with E-state index < -0.39 is 0 Å². The number of aromatic nitrogens is 1. The Bertz CT molecular complexity index is 975. The molecular formula is C21H22N2O4. The van der Waals surface area contributed by atoms with Crippen molar-refractivity contribution in [2.45, 2.75) is 20.3 Å². The number of aryl methyl sites for hydroxylation is 1. The van der Waals surface area contributed by atoms with Gasteiger partial charge >= 0.3 is 0 Å². The molecule has 0 fully saturated rings. The van der Waals surface area contributed by atoms with Crippen LogP contribution in [0.25, 0.3) is 17.2 Å². The molecule has 0 atom stereocenters. The molecule has 0 saturated heterocycles. The lowest BCUT2D eigenvalue weighted by atomic mass is 10.2. The van der Waals surface area contributed by atoms with Gasteiger partial charge in [-0.3, -0.25) is 4.79 Å².